The average molecular weight is 405 g/mol. The zero-order chi connectivity index (χ0) is 18.4. The molecule has 0 fully saturated rings. The molecule has 0 radical (unpaired) electrons. The molecule has 0 N–H and O–H groups in total. The Morgan fingerprint density at radius 3 is 2.31 bits per heavy atom. The maximum atomic E-state index is 12.5. The third-order valence-electron chi connectivity index (χ3n) is 3.70. The van der Waals surface area contributed by atoms with Crippen LogP contribution in [0.3, 0.4) is 0 Å². The topological polar surface area (TPSA) is 76.6 Å². The highest BCUT2D eigenvalue weighted by atomic mass is 35.5. The van der Waals surface area contributed by atoms with E-state index in [0.717, 1.165) is 16.2 Å². The number of hydrogen-bond donors (Lipinski definition) is 0. The molecule has 0 saturated heterocycles. The Morgan fingerprint density at radius 2 is 1.73 bits per heavy atom. The molecular weight excluding hydrogens is 396 g/mol. The largest absolute Gasteiger partial charge is 0.375 e. The summed E-state index contributed by atoms with van der Waals surface area (Å²) in [6, 6.07) is 9.86. The van der Waals surface area contributed by atoms with Crippen molar-refractivity contribution in [3.8, 4) is 9.88 Å². The maximum absolute atomic E-state index is 12.5. The van der Waals surface area contributed by atoms with Crippen molar-refractivity contribution in [2.24, 2.45) is 0 Å². The molecule has 0 unspecified atom stereocenters. The fourth-order valence-corrected chi connectivity index (χ4v) is 4.53. The SMILES string of the molecule is Cc1nc(-c2ccc(Cl)s2)sc1C(=O)ON1C(=O)c2ccccc2C1=O. The summed E-state index contributed by atoms with van der Waals surface area (Å²) in [6.45, 7) is 1.66. The number of carbonyl (C=O) groups is 3. The van der Waals surface area contributed by atoms with Crippen molar-refractivity contribution in [3.05, 3.63) is 62.4 Å². The number of rotatable bonds is 3. The monoisotopic (exact) mass is 404 g/mol. The second-order valence-corrected chi connectivity index (χ2v) is 8.08. The average Bonchev–Trinajstić information content (AvgIpc) is 3.29. The van der Waals surface area contributed by atoms with Crippen molar-refractivity contribution < 1.29 is 19.2 Å². The quantitative estimate of drug-likeness (QED) is 0.611. The van der Waals surface area contributed by atoms with E-state index in [-0.39, 0.29) is 16.0 Å². The minimum absolute atomic E-state index is 0.209. The van der Waals surface area contributed by atoms with Crippen molar-refractivity contribution in [3.63, 3.8) is 0 Å². The zero-order valence-corrected chi connectivity index (χ0v) is 15.6. The molecule has 2 aromatic heterocycles. The van der Waals surface area contributed by atoms with E-state index in [2.05, 4.69) is 4.98 Å². The fourth-order valence-electron chi connectivity index (χ4n) is 2.49. The molecule has 2 amide bonds. The van der Waals surface area contributed by atoms with Crippen molar-refractivity contribution in [1.29, 1.82) is 0 Å². The molecule has 0 spiro atoms. The first-order valence-electron chi connectivity index (χ1n) is 7.39. The lowest BCUT2D eigenvalue weighted by atomic mass is 10.1. The highest BCUT2D eigenvalue weighted by Crippen LogP contribution is 2.35. The van der Waals surface area contributed by atoms with E-state index < -0.39 is 17.8 Å². The van der Waals surface area contributed by atoms with Gasteiger partial charge in [0.1, 0.15) is 9.88 Å². The van der Waals surface area contributed by atoms with E-state index in [1.807, 2.05) is 6.07 Å². The molecule has 3 heterocycles. The van der Waals surface area contributed by atoms with E-state index in [4.69, 9.17) is 16.4 Å². The van der Waals surface area contributed by atoms with Gasteiger partial charge in [0.2, 0.25) is 0 Å². The molecule has 3 aromatic rings. The molecule has 0 saturated carbocycles. The molecular formula is C17H9ClN2O4S2. The Hall–Kier alpha value is -2.55. The Labute approximate surface area is 160 Å². The van der Waals surface area contributed by atoms with Crippen LogP contribution in [0.15, 0.2) is 36.4 Å². The van der Waals surface area contributed by atoms with Crippen molar-refractivity contribution in [2.75, 3.05) is 0 Å². The van der Waals surface area contributed by atoms with Crippen LogP contribution in [-0.2, 0) is 4.84 Å². The van der Waals surface area contributed by atoms with Crippen LogP contribution in [-0.4, -0.2) is 27.8 Å². The Morgan fingerprint density at radius 1 is 1.08 bits per heavy atom. The summed E-state index contributed by atoms with van der Waals surface area (Å²) < 4.78 is 0.614. The van der Waals surface area contributed by atoms with Gasteiger partial charge in [0.25, 0.3) is 11.8 Å². The summed E-state index contributed by atoms with van der Waals surface area (Å²) >= 11 is 8.39. The third kappa shape index (κ3) is 2.72. The Bertz CT molecular complexity index is 1040. The standard InChI is InChI=1S/C17H9ClN2O4S2/c1-8-13(26-14(19-8)11-6-7-12(18)25-11)17(23)24-20-15(21)9-4-2-3-5-10(9)16(20)22/h2-7H,1H3. The lowest BCUT2D eigenvalue weighted by Crippen LogP contribution is -2.32. The van der Waals surface area contributed by atoms with Gasteiger partial charge in [0.15, 0.2) is 0 Å². The van der Waals surface area contributed by atoms with Gasteiger partial charge in [0, 0.05) is 0 Å². The van der Waals surface area contributed by atoms with Gasteiger partial charge in [-0.1, -0.05) is 28.8 Å². The van der Waals surface area contributed by atoms with Crippen LogP contribution in [0.4, 0.5) is 0 Å². The minimum atomic E-state index is -0.802. The van der Waals surface area contributed by atoms with Gasteiger partial charge < -0.3 is 4.84 Å². The molecule has 1 aromatic carbocycles. The van der Waals surface area contributed by atoms with Crippen LogP contribution in [0, 0.1) is 6.92 Å². The molecule has 1 aliphatic rings. The van der Waals surface area contributed by atoms with Crippen LogP contribution in [0.1, 0.15) is 36.1 Å². The van der Waals surface area contributed by atoms with Gasteiger partial charge in [0.05, 0.1) is 26.0 Å². The maximum Gasteiger partial charge on any atom is 0.375 e. The summed E-state index contributed by atoms with van der Waals surface area (Å²) in [4.78, 5) is 47.6. The van der Waals surface area contributed by atoms with Crippen molar-refractivity contribution in [1.82, 2.24) is 10.0 Å². The molecule has 0 bridgehead atoms. The number of nitrogens with zero attached hydrogens (tertiary/aromatic N) is 2. The van der Waals surface area contributed by atoms with Crippen LogP contribution in [0.2, 0.25) is 4.34 Å². The summed E-state index contributed by atoms with van der Waals surface area (Å²) in [5, 5.41) is 1.11. The normalized spacial score (nSPS) is 13.2. The van der Waals surface area contributed by atoms with Gasteiger partial charge >= 0.3 is 5.97 Å². The smallest absolute Gasteiger partial charge is 0.323 e. The number of amides is 2. The summed E-state index contributed by atoms with van der Waals surface area (Å²) in [7, 11) is 0. The molecule has 0 atom stereocenters. The van der Waals surface area contributed by atoms with Gasteiger partial charge in [-0.25, -0.2) is 9.78 Å². The zero-order valence-electron chi connectivity index (χ0n) is 13.2. The van der Waals surface area contributed by atoms with Crippen LogP contribution in [0.5, 0.6) is 0 Å². The first-order chi connectivity index (χ1) is 12.5. The van der Waals surface area contributed by atoms with E-state index in [0.29, 0.717) is 20.1 Å². The number of aromatic nitrogens is 1. The summed E-state index contributed by atoms with van der Waals surface area (Å²) in [5.74, 6) is -2.12. The first-order valence-corrected chi connectivity index (χ1v) is 9.40. The molecule has 1 aliphatic heterocycles. The van der Waals surface area contributed by atoms with Crippen LogP contribution in [0.25, 0.3) is 9.88 Å². The second kappa shape index (κ2) is 6.31. The first kappa shape index (κ1) is 16.9. The van der Waals surface area contributed by atoms with Crippen molar-refractivity contribution >= 4 is 52.1 Å². The van der Waals surface area contributed by atoms with Crippen molar-refractivity contribution in [2.45, 2.75) is 6.92 Å². The number of imide groups is 1. The Kier molecular flexibility index (Phi) is 4.10. The molecule has 0 aliphatic carbocycles. The van der Waals surface area contributed by atoms with E-state index in [1.54, 1.807) is 25.1 Å². The van der Waals surface area contributed by atoms with Crippen LogP contribution >= 0.6 is 34.3 Å². The predicted octanol–water partition coefficient (Wildman–Crippen LogP) is 4.20. The number of thiazole rings is 1. The highest BCUT2D eigenvalue weighted by molar-refractivity contribution is 7.24. The van der Waals surface area contributed by atoms with Gasteiger partial charge in [-0.05, 0) is 31.2 Å². The number of aryl methyl sites for hydroxylation is 1. The molecule has 26 heavy (non-hydrogen) atoms. The fraction of sp³-hybridized carbons (Fsp3) is 0.0588. The van der Waals surface area contributed by atoms with E-state index in [1.165, 1.54) is 23.5 Å². The number of fused-ring (bicyclic) bond motifs is 1. The Balaban J connectivity index is 1.59. The van der Waals surface area contributed by atoms with E-state index >= 15 is 0 Å². The highest BCUT2D eigenvalue weighted by Gasteiger charge is 2.39. The van der Waals surface area contributed by atoms with Crippen LogP contribution < -0.4 is 0 Å². The predicted molar refractivity (Wildman–Crippen MR) is 97.5 cm³/mol. The molecule has 9 heteroatoms. The summed E-state index contributed by atoms with van der Waals surface area (Å²) in [5.41, 5.74) is 0.872. The number of halogens is 1. The van der Waals surface area contributed by atoms with Gasteiger partial charge in [-0.2, -0.15) is 0 Å². The van der Waals surface area contributed by atoms with E-state index in [9.17, 15) is 14.4 Å². The number of benzene rings is 1. The summed E-state index contributed by atoms with van der Waals surface area (Å²) in [6.07, 6.45) is 0. The molecule has 130 valence electrons. The number of hydrogen-bond acceptors (Lipinski definition) is 7. The second-order valence-electron chi connectivity index (χ2n) is 5.37. The minimum Gasteiger partial charge on any atom is -0.323 e. The number of carbonyl (C=O) groups excluding carboxylic acids is 3. The molecule has 4 rings (SSSR count). The third-order valence-corrected chi connectivity index (χ3v) is 6.23. The number of thiophene rings is 1. The lowest BCUT2D eigenvalue weighted by molar-refractivity contribution is -0.0581. The van der Waals surface area contributed by atoms with Gasteiger partial charge in [-0.3, -0.25) is 9.59 Å². The lowest BCUT2D eigenvalue weighted by Gasteiger charge is -2.11. The van der Waals surface area contributed by atoms with Gasteiger partial charge in [-0.15, -0.1) is 22.7 Å². The molecule has 6 nitrogen and oxygen atoms in total. The number of hydroxylamine groups is 2.